The summed E-state index contributed by atoms with van der Waals surface area (Å²) in [5.41, 5.74) is 0.664. The Morgan fingerprint density at radius 1 is 0.826 bits per heavy atom. The maximum atomic E-state index is 13.4. The summed E-state index contributed by atoms with van der Waals surface area (Å²) in [6.45, 7) is 9.32. The summed E-state index contributed by atoms with van der Waals surface area (Å²) in [7, 11) is 0. The summed E-state index contributed by atoms with van der Waals surface area (Å²) in [4.78, 5) is 28.9. The molecule has 128 valence electrons. The molecule has 1 aliphatic heterocycles. The number of piperazine rings is 1. The van der Waals surface area contributed by atoms with Crippen LogP contribution in [0, 0.1) is 22.2 Å². The minimum absolute atomic E-state index is 0.0959. The molecule has 0 radical (unpaired) electrons. The van der Waals surface area contributed by atoms with Gasteiger partial charge in [-0.1, -0.05) is 13.8 Å². The molecule has 4 bridgehead atoms. The number of carbonyl (C=O) groups excluding carboxylic acids is 2. The average Bonchev–Trinajstić information content (AvgIpc) is 2.42. The molecule has 4 heteroatoms. The lowest BCUT2D eigenvalue weighted by molar-refractivity contribution is -0.181. The van der Waals surface area contributed by atoms with E-state index in [0.29, 0.717) is 29.8 Å². The molecule has 4 atom stereocenters. The van der Waals surface area contributed by atoms with Gasteiger partial charge in [0.1, 0.15) is 0 Å². The van der Waals surface area contributed by atoms with Crippen LogP contribution in [0.4, 0.5) is 0 Å². The monoisotopic (exact) mass is 318 g/mol. The van der Waals surface area contributed by atoms with Gasteiger partial charge in [0.05, 0.1) is 5.41 Å². The standard InChI is InChI=1S/C19H30N2O2/c1-14(22)20-4-6-21(7-5-20)16(23)19-10-15-8-17(2,12-19)11-18(3,9-15)13-19/h15H,4-13H2,1-3H3/t15?,17-,18+,19?. The molecule has 0 aromatic carbocycles. The zero-order valence-corrected chi connectivity index (χ0v) is 14.9. The van der Waals surface area contributed by atoms with Crippen molar-refractivity contribution in [3.05, 3.63) is 0 Å². The lowest BCUT2D eigenvalue weighted by Gasteiger charge is -2.65. The normalized spacial score (nSPS) is 45.4. The molecule has 4 saturated carbocycles. The van der Waals surface area contributed by atoms with Crippen molar-refractivity contribution in [3.63, 3.8) is 0 Å². The molecule has 1 saturated heterocycles. The third-order valence-electron chi connectivity index (χ3n) is 7.09. The van der Waals surface area contributed by atoms with Crippen LogP contribution in [-0.4, -0.2) is 47.8 Å². The Morgan fingerprint density at radius 2 is 1.35 bits per heavy atom. The van der Waals surface area contributed by atoms with Crippen molar-refractivity contribution < 1.29 is 9.59 Å². The number of nitrogens with zero attached hydrogens (tertiary/aromatic N) is 2. The van der Waals surface area contributed by atoms with E-state index in [9.17, 15) is 9.59 Å². The fourth-order valence-electron chi connectivity index (χ4n) is 7.25. The SMILES string of the molecule is CC(=O)N1CCN(C(=O)C23CC4C[C@@](C)(C2)C[C@](C)(C4)C3)CC1. The molecule has 2 amide bonds. The summed E-state index contributed by atoms with van der Waals surface area (Å²) >= 11 is 0. The van der Waals surface area contributed by atoms with Crippen molar-refractivity contribution in [2.45, 2.75) is 59.3 Å². The van der Waals surface area contributed by atoms with Crippen molar-refractivity contribution in [2.24, 2.45) is 22.2 Å². The van der Waals surface area contributed by atoms with Gasteiger partial charge in [-0.25, -0.2) is 0 Å². The second kappa shape index (κ2) is 4.73. The maximum Gasteiger partial charge on any atom is 0.228 e. The Morgan fingerprint density at radius 3 is 1.83 bits per heavy atom. The van der Waals surface area contributed by atoms with E-state index in [-0.39, 0.29) is 11.3 Å². The van der Waals surface area contributed by atoms with Gasteiger partial charge >= 0.3 is 0 Å². The largest absolute Gasteiger partial charge is 0.339 e. The average molecular weight is 318 g/mol. The summed E-state index contributed by atoms with van der Waals surface area (Å²) in [5, 5.41) is 0. The second-order valence-corrected chi connectivity index (χ2v) is 9.71. The van der Waals surface area contributed by atoms with Gasteiger partial charge in [-0.3, -0.25) is 9.59 Å². The van der Waals surface area contributed by atoms with Crippen LogP contribution in [0.3, 0.4) is 0 Å². The Bertz CT molecular complexity index is 532. The molecule has 0 aromatic heterocycles. The Balaban J connectivity index is 1.54. The van der Waals surface area contributed by atoms with Crippen molar-refractivity contribution in [2.75, 3.05) is 26.2 Å². The first-order valence-electron chi connectivity index (χ1n) is 9.28. The first-order chi connectivity index (χ1) is 10.7. The van der Waals surface area contributed by atoms with Gasteiger partial charge in [0.2, 0.25) is 11.8 Å². The Kier molecular flexibility index (Phi) is 3.18. The van der Waals surface area contributed by atoms with Gasteiger partial charge in [-0.05, 0) is 55.3 Å². The highest BCUT2D eigenvalue weighted by atomic mass is 16.2. The van der Waals surface area contributed by atoms with Crippen LogP contribution in [0.15, 0.2) is 0 Å². The van der Waals surface area contributed by atoms with Crippen molar-refractivity contribution in [1.82, 2.24) is 9.80 Å². The molecule has 1 heterocycles. The van der Waals surface area contributed by atoms with Crippen LogP contribution < -0.4 is 0 Å². The fourth-order valence-corrected chi connectivity index (χ4v) is 7.25. The molecule has 0 spiro atoms. The second-order valence-electron chi connectivity index (χ2n) is 9.71. The molecule has 5 fully saturated rings. The molecule has 5 rings (SSSR count). The summed E-state index contributed by atoms with van der Waals surface area (Å²) in [6, 6.07) is 0. The van der Waals surface area contributed by atoms with Crippen LogP contribution in [0.1, 0.15) is 59.3 Å². The van der Waals surface area contributed by atoms with Gasteiger partial charge in [0.25, 0.3) is 0 Å². The van der Waals surface area contributed by atoms with Gasteiger partial charge in [-0.2, -0.15) is 0 Å². The minimum atomic E-state index is -0.0959. The first-order valence-corrected chi connectivity index (χ1v) is 9.28. The third-order valence-corrected chi connectivity index (χ3v) is 7.09. The van der Waals surface area contributed by atoms with Gasteiger partial charge < -0.3 is 9.80 Å². The lowest BCUT2D eigenvalue weighted by atomic mass is 9.40. The highest BCUT2D eigenvalue weighted by Gasteiger charge is 2.63. The molecule has 2 unspecified atom stereocenters. The summed E-state index contributed by atoms with van der Waals surface area (Å²) < 4.78 is 0. The molecule has 0 N–H and O–H groups in total. The van der Waals surface area contributed by atoms with E-state index < -0.39 is 0 Å². The Hall–Kier alpha value is -1.06. The smallest absolute Gasteiger partial charge is 0.228 e. The molecular formula is C19H30N2O2. The molecule has 0 aromatic rings. The minimum Gasteiger partial charge on any atom is -0.339 e. The van der Waals surface area contributed by atoms with E-state index in [2.05, 4.69) is 18.7 Å². The van der Waals surface area contributed by atoms with Gasteiger partial charge in [-0.15, -0.1) is 0 Å². The summed E-state index contributed by atoms with van der Waals surface area (Å²) in [6.07, 6.45) is 7.27. The van der Waals surface area contributed by atoms with Crippen LogP contribution in [0.2, 0.25) is 0 Å². The highest BCUT2D eigenvalue weighted by Crippen LogP contribution is 2.69. The van der Waals surface area contributed by atoms with Gasteiger partial charge in [0, 0.05) is 33.1 Å². The van der Waals surface area contributed by atoms with Crippen LogP contribution in [0.5, 0.6) is 0 Å². The van der Waals surface area contributed by atoms with Crippen molar-refractivity contribution in [1.29, 1.82) is 0 Å². The van der Waals surface area contributed by atoms with Crippen LogP contribution in [0.25, 0.3) is 0 Å². The lowest BCUT2D eigenvalue weighted by Crippen LogP contribution is -2.62. The predicted molar refractivity (Wildman–Crippen MR) is 88.7 cm³/mol. The maximum absolute atomic E-state index is 13.4. The van der Waals surface area contributed by atoms with E-state index in [1.807, 2.05) is 4.90 Å². The fraction of sp³-hybridized carbons (Fsp3) is 0.895. The number of amides is 2. The van der Waals surface area contributed by atoms with E-state index in [4.69, 9.17) is 0 Å². The Labute approximate surface area is 139 Å². The number of rotatable bonds is 1. The molecular weight excluding hydrogens is 288 g/mol. The molecule has 4 nitrogen and oxygen atoms in total. The third kappa shape index (κ3) is 2.40. The number of carbonyl (C=O) groups is 2. The van der Waals surface area contributed by atoms with Gasteiger partial charge in [0.15, 0.2) is 0 Å². The zero-order valence-electron chi connectivity index (χ0n) is 14.9. The molecule has 23 heavy (non-hydrogen) atoms. The topological polar surface area (TPSA) is 40.6 Å². The number of hydrogen-bond acceptors (Lipinski definition) is 2. The van der Waals surface area contributed by atoms with E-state index in [1.165, 1.54) is 19.3 Å². The van der Waals surface area contributed by atoms with E-state index in [1.54, 1.807) is 6.92 Å². The first kappa shape index (κ1) is 15.5. The predicted octanol–water partition coefficient (Wildman–Crippen LogP) is 2.67. The van der Waals surface area contributed by atoms with Crippen LogP contribution in [-0.2, 0) is 9.59 Å². The quantitative estimate of drug-likeness (QED) is 0.746. The molecule has 5 aliphatic rings. The van der Waals surface area contributed by atoms with E-state index >= 15 is 0 Å². The molecule has 4 aliphatic carbocycles. The zero-order chi connectivity index (χ0) is 16.5. The number of hydrogen-bond donors (Lipinski definition) is 0. The van der Waals surface area contributed by atoms with Crippen molar-refractivity contribution in [3.8, 4) is 0 Å². The summed E-state index contributed by atoms with van der Waals surface area (Å²) in [5.74, 6) is 1.29. The van der Waals surface area contributed by atoms with Crippen LogP contribution >= 0.6 is 0 Å². The van der Waals surface area contributed by atoms with E-state index in [0.717, 1.165) is 38.3 Å². The van der Waals surface area contributed by atoms with Crippen molar-refractivity contribution >= 4 is 11.8 Å². The highest BCUT2D eigenvalue weighted by molar-refractivity contribution is 5.84.